The van der Waals surface area contributed by atoms with Gasteiger partial charge in [-0.1, -0.05) is 15.9 Å². The summed E-state index contributed by atoms with van der Waals surface area (Å²) in [5.74, 6) is -0.270. The molecule has 1 aliphatic heterocycles. The third-order valence-electron chi connectivity index (χ3n) is 3.23. The number of hydrogen-bond acceptors (Lipinski definition) is 7. The van der Waals surface area contributed by atoms with E-state index in [1.165, 1.54) is 20.3 Å². The van der Waals surface area contributed by atoms with E-state index in [9.17, 15) is 14.4 Å². The van der Waals surface area contributed by atoms with Gasteiger partial charge in [-0.15, -0.1) is 0 Å². The van der Waals surface area contributed by atoms with Crippen LogP contribution in [-0.4, -0.2) is 49.4 Å². The number of amides is 2. The normalized spacial score (nSPS) is 15.7. The number of imide groups is 1. The molecule has 7 nitrogen and oxygen atoms in total. The zero-order valence-electron chi connectivity index (χ0n) is 13.8. The second-order valence-electron chi connectivity index (χ2n) is 4.80. The lowest BCUT2D eigenvalue weighted by Gasteiger charge is -2.12. The molecule has 0 aromatic heterocycles. The quantitative estimate of drug-likeness (QED) is 0.507. The summed E-state index contributed by atoms with van der Waals surface area (Å²) in [6.45, 7) is 1.42. The minimum absolute atomic E-state index is 0.180. The van der Waals surface area contributed by atoms with Gasteiger partial charge in [0.25, 0.3) is 11.1 Å². The zero-order chi connectivity index (χ0) is 18.6. The Labute approximate surface area is 157 Å². The molecule has 2 amide bonds. The van der Waals surface area contributed by atoms with Crippen LogP contribution in [-0.2, 0) is 14.3 Å². The molecule has 0 atom stereocenters. The summed E-state index contributed by atoms with van der Waals surface area (Å²) >= 11 is 4.11. The first-order valence-electron chi connectivity index (χ1n) is 7.23. The molecule has 134 valence electrons. The molecule has 0 spiro atoms. The molecule has 0 N–H and O–H groups in total. The van der Waals surface area contributed by atoms with Crippen molar-refractivity contribution in [3.63, 3.8) is 0 Å². The second-order valence-corrected chi connectivity index (χ2v) is 6.71. The van der Waals surface area contributed by atoms with Gasteiger partial charge < -0.3 is 14.2 Å². The summed E-state index contributed by atoms with van der Waals surface area (Å²) in [4.78, 5) is 37.0. The fourth-order valence-corrected chi connectivity index (χ4v) is 3.46. The van der Waals surface area contributed by atoms with Crippen molar-refractivity contribution in [1.82, 2.24) is 4.90 Å². The smallest absolute Gasteiger partial charge is 0.326 e. The first-order valence-corrected chi connectivity index (χ1v) is 8.84. The highest BCUT2D eigenvalue weighted by Crippen LogP contribution is 2.39. The van der Waals surface area contributed by atoms with E-state index < -0.39 is 23.7 Å². The number of ether oxygens (including phenoxy) is 3. The van der Waals surface area contributed by atoms with E-state index in [4.69, 9.17) is 14.2 Å². The summed E-state index contributed by atoms with van der Waals surface area (Å²) in [6.07, 6.45) is 1.53. The van der Waals surface area contributed by atoms with E-state index in [-0.39, 0.29) is 11.5 Å². The SMILES string of the molecule is CCOC(=O)CN1C(=O)S/C(=C/c2cc(Br)cc(OC)c2OC)C1=O. The Kier molecular flexibility index (Phi) is 6.49. The molecule has 0 radical (unpaired) electrons. The molecule has 25 heavy (non-hydrogen) atoms. The van der Waals surface area contributed by atoms with Gasteiger partial charge in [0.1, 0.15) is 6.54 Å². The number of thioether (sulfide) groups is 1. The standard InChI is InChI=1S/C16H16BrNO6S/c1-4-24-13(19)8-18-15(20)12(25-16(18)21)6-9-5-10(17)7-11(22-2)14(9)23-3/h5-7H,4,8H2,1-3H3/b12-6+. The van der Waals surface area contributed by atoms with E-state index in [0.717, 1.165) is 21.1 Å². The number of carbonyl (C=O) groups is 3. The summed E-state index contributed by atoms with van der Waals surface area (Å²) in [6, 6.07) is 3.46. The molecule has 0 unspecified atom stereocenters. The fourth-order valence-electron chi connectivity index (χ4n) is 2.18. The average molecular weight is 430 g/mol. The first kappa shape index (κ1) is 19.3. The van der Waals surface area contributed by atoms with Crippen LogP contribution in [0.1, 0.15) is 12.5 Å². The molecule has 9 heteroatoms. The van der Waals surface area contributed by atoms with E-state index in [1.807, 2.05) is 0 Å². The molecule has 0 aliphatic carbocycles. The summed E-state index contributed by atoms with van der Waals surface area (Å²) in [5, 5.41) is -0.523. The summed E-state index contributed by atoms with van der Waals surface area (Å²) in [5.41, 5.74) is 0.565. The van der Waals surface area contributed by atoms with Crippen molar-refractivity contribution < 1.29 is 28.6 Å². The van der Waals surface area contributed by atoms with Crippen LogP contribution in [0, 0.1) is 0 Å². The highest BCUT2D eigenvalue weighted by atomic mass is 79.9. The van der Waals surface area contributed by atoms with Gasteiger partial charge in [0.15, 0.2) is 11.5 Å². The van der Waals surface area contributed by atoms with E-state index >= 15 is 0 Å². The highest BCUT2D eigenvalue weighted by molar-refractivity contribution is 9.10. The number of benzene rings is 1. The Hall–Kier alpha value is -2.00. The lowest BCUT2D eigenvalue weighted by atomic mass is 10.1. The largest absolute Gasteiger partial charge is 0.493 e. The number of esters is 1. The van der Waals surface area contributed by atoms with Gasteiger partial charge in [-0.05, 0) is 36.9 Å². The topological polar surface area (TPSA) is 82.1 Å². The number of carbonyl (C=O) groups excluding carboxylic acids is 3. The third-order valence-corrected chi connectivity index (χ3v) is 4.59. The minimum atomic E-state index is -0.632. The first-order chi connectivity index (χ1) is 11.9. The molecule has 1 saturated heterocycles. The monoisotopic (exact) mass is 429 g/mol. The number of halogens is 1. The van der Waals surface area contributed by atoms with E-state index in [0.29, 0.717) is 17.1 Å². The molecule has 1 aromatic carbocycles. The molecular formula is C16H16BrNO6S. The molecule has 0 bridgehead atoms. The minimum Gasteiger partial charge on any atom is -0.493 e. The molecule has 0 saturated carbocycles. The summed E-state index contributed by atoms with van der Waals surface area (Å²) in [7, 11) is 2.98. The van der Waals surface area contributed by atoms with Crippen LogP contribution >= 0.6 is 27.7 Å². The van der Waals surface area contributed by atoms with E-state index in [1.54, 1.807) is 19.1 Å². The summed E-state index contributed by atoms with van der Waals surface area (Å²) < 4.78 is 16.1. The Bertz CT molecular complexity index is 748. The predicted molar refractivity (Wildman–Crippen MR) is 96.6 cm³/mol. The van der Waals surface area contributed by atoms with Gasteiger partial charge in [0, 0.05) is 10.0 Å². The van der Waals surface area contributed by atoms with Gasteiger partial charge in [-0.3, -0.25) is 19.3 Å². The zero-order valence-corrected chi connectivity index (χ0v) is 16.2. The number of rotatable bonds is 6. The van der Waals surface area contributed by atoms with Crippen LogP contribution in [0.2, 0.25) is 0 Å². The van der Waals surface area contributed by atoms with Gasteiger partial charge >= 0.3 is 5.97 Å². The maximum atomic E-state index is 12.4. The van der Waals surface area contributed by atoms with Crippen LogP contribution in [0.3, 0.4) is 0 Å². The van der Waals surface area contributed by atoms with Gasteiger partial charge in [0.2, 0.25) is 0 Å². The van der Waals surface area contributed by atoms with Crippen molar-refractivity contribution in [3.8, 4) is 11.5 Å². The fraction of sp³-hybridized carbons (Fsp3) is 0.312. The van der Waals surface area contributed by atoms with Crippen LogP contribution in [0.15, 0.2) is 21.5 Å². The molecule has 1 fully saturated rings. The molecular weight excluding hydrogens is 414 g/mol. The lowest BCUT2D eigenvalue weighted by molar-refractivity contribution is -0.145. The van der Waals surface area contributed by atoms with Gasteiger partial charge in [-0.25, -0.2) is 0 Å². The number of hydrogen-bond donors (Lipinski definition) is 0. The van der Waals surface area contributed by atoms with Crippen LogP contribution in [0.5, 0.6) is 11.5 Å². The number of nitrogens with zero attached hydrogens (tertiary/aromatic N) is 1. The molecule has 2 rings (SSSR count). The maximum absolute atomic E-state index is 12.4. The van der Waals surface area contributed by atoms with Crippen molar-refractivity contribution in [2.45, 2.75) is 6.92 Å². The van der Waals surface area contributed by atoms with E-state index in [2.05, 4.69) is 15.9 Å². The third kappa shape index (κ3) is 4.35. The Morgan fingerprint density at radius 3 is 2.60 bits per heavy atom. The van der Waals surface area contributed by atoms with Crippen molar-refractivity contribution >= 4 is 50.9 Å². The van der Waals surface area contributed by atoms with Gasteiger partial charge in [0.05, 0.1) is 25.7 Å². The second kappa shape index (κ2) is 8.39. The van der Waals surface area contributed by atoms with Crippen molar-refractivity contribution in [3.05, 3.63) is 27.1 Å². The van der Waals surface area contributed by atoms with Gasteiger partial charge in [-0.2, -0.15) is 0 Å². The van der Waals surface area contributed by atoms with Crippen molar-refractivity contribution in [1.29, 1.82) is 0 Å². The molecule has 1 aromatic rings. The Balaban J connectivity index is 2.33. The predicted octanol–water partition coefficient (Wildman–Crippen LogP) is 3.07. The Morgan fingerprint density at radius 2 is 2.00 bits per heavy atom. The maximum Gasteiger partial charge on any atom is 0.326 e. The highest BCUT2D eigenvalue weighted by Gasteiger charge is 2.36. The molecule has 1 heterocycles. The molecule has 1 aliphatic rings. The average Bonchev–Trinajstić information content (AvgIpc) is 2.82. The van der Waals surface area contributed by atoms with Crippen LogP contribution in [0.25, 0.3) is 6.08 Å². The lowest BCUT2D eigenvalue weighted by Crippen LogP contribution is -2.34. The Morgan fingerprint density at radius 1 is 1.28 bits per heavy atom. The van der Waals surface area contributed by atoms with Crippen LogP contribution < -0.4 is 9.47 Å². The van der Waals surface area contributed by atoms with Crippen molar-refractivity contribution in [2.75, 3.05) is 27.4 Å². The van der Waals surface area contributed by atoms with Crippen molar-refractivity contribution in [2.24, 2.45) is 0 Å². The van der Waals surface area contributed by atoms with Crippen LogP contribution in [0.4, 0.5) is 4.79 Å². The number of methoxy groups -OCH3 is 2.